The van der Waals surface area contributed by atoms with Crippen LogP contribution in [-0.4, -0.2) is 17.0 Å². The number of hydrogen-bond donors (Lipinski definition) is 2. The number of rotatable bonds is 2. The maximum absolute atomic E-state index is 5.71. The zero-order chi connectivity index (χ0) is 9.97. The minimum Gasteiger partial charge on any atom is -0.370 e. The molecule has 4 heteroatoms. The third-order valence-corrected chi connectivity index (χ3v) is 2.02. The molecule has 1 aromatic rings. The number of nitrogens with zero attached hydrogens (tertiary/aromatic N) is 2. The van der Waals surface area contributed by atoms with E-state index >= 15 is 0 Å². The number of guanidine groups is 1. The van der Waals surface area contributed by atoms with Gasteiger partial charge < -0.3 is 11.1 Å². The van der Waals surface area contributed by atoms with Gasteiger partial charge in [-0.3, -0.25) is 4.98 Å². The molecule has 0 radical (unpaired) electrons. The van der Waals surface area contributed by atoms with Gasteiger partial charge in [-0.05, 0) is 31.4 Å². The molecule has 4 nitrogen and oxygen atoms in total. The monoisotopic (exact) mass is 190 g/mol. The van der Waals surface area contributed by atoms with Gasteiger partial charge in [0.15, 0.2) is 5.96 Å². The van der Waals surface area contributed by atoms with Crippen molar-refractivity contribution in [1.82, 2.24) is 4.98 Å². The largest absolute Gasteiger partial charge is 0.370 e. The first kappa shape index (κ1) is 8.99. The molecule has 2 rings (SSSR count). The highest BCUT2D eigenvalue weighted by Gasteiger charge is 2.20. The van der Waals surface area contributed by atoms with E-state index in [4.69, 9.17) is 5.73 Å². The number of aryl methyl sites for hydroxylation is 1. The van der Waals surface area contributed by atoms with Crippen molar-refractivity contribution in [2.24, 2.45) is 10.7 Å². The van der Waals surface area contributed by atoms with Crippen LogP contribution in [0, 0.1) is 6.92 Å². The molecule has 1 fully saturated rings. The Morgan fingerprint density at radius 2 is 2.36 bits per heavy atom. The van der Waals surface area contributed by atoms with Crippen molar-refractivity contribution in [3.05, 3.63) is 24.0 Å². The highest BCUT2D eigenvalue weighted by molar-refractivity contribution is 5.92. The Labute approximate surface area is 83.3 Å². The number of hydrogen-bond acceptors (Lipinski definition) is 2. The summed E-state index contributed by atoms with van der Waals surface area (Å²) in [5, 5.41) is 3.02. The summed E-state index contributed by atoms with van der Waals surface area (Å²) in [6.45, 7) is 1.99. The molecule has 0 amide bonds. The van der Waals surface area contributed by atoms with E-state index in [2.05, 4.69) is 15.3 Å². The molecule has 0 atom stereocenters. The van der Waals surface area contributed by atoms with Crippen LogP contribution in [0.15, 0.2) is 23.5 Å². The zero-order valence-corrected chi connectivity index (χ0v) is 8.20. The number of aliphatic imine (C=N–C) groups is 1. The number of pyridine rings is 1. The predicted molar refractivity (Wildman–Crippen MR) is 57.2 cm³/mol. The Bertz CT molecular complexity index is 355. The van der Waals surface area contributed by atoms with Gasteiger partial charge in [-0.1, -0.05) is 0 Å². The van der Waals surface area contributed by atoms with E-state index in [-0.39, 0.29) is 0 Å². The Hall–Kier alpha value is -1.58. The molecule has 0 aliphatic heterocycles. The summed E-state index contributed by atoms with van der Waals surface area (Å²) in [4.78, 5) is 8.33. The summed E-state index contributed by atoms with van der Waals surface area (Å²) in [5.41, 5.74) is 7.71. The van der Waals surface area contributed by atoms with Crippen LogP contribution < -0.4 is 11.1 Å². The zero-order valence-electron chi connectivity index (χ0n) is 8.20. The SMILES string of the molecule is Cc1cncc(NC(N)=NC2CC2)c1. The van der Waals surface area contributed by atoms with Gasteiger partial charge in [0.05, 0.1) is 17.9 Å². The molecule has 0 saturated heterocycles. The first-order valence-corrected chi connectivity index (χ1v) is 4.76. The summed E-state index contributed by atoms with van der Waals surface area (Å²) in [6, 6.07) is 2.43. The third kappa shape index (κ3) is 2.45. The van der Waals surface area contributed by atoms with E-state index in [1.54, 1.807) is 12.4 Å². The Kier molecular flexibility index (Phi) is 2.35. The Morgan fingerprint density at radius 1 is 1.57 bits per heavy atom. The molecule has 3 N–H and O–H groups in total. The summed E-state index contributed by atoms with van der Waals surface area (Å²) >= 11 is 0. The van der Waals surface area contributed by atoms with Crippen molar-refractivity contribution in [3.63, 3.8) is 0 Å². The smallest absolute Gasteiger partial charge is 0.193 e. The van der Waals surface area contributed by atoms with Gasteiger partial charge in [0, 0.05) is 6.20 Å². The number of nitrogens with two attached hydrogens (primary N) is 1. The van der Waals surface area contributed by atoms with Gasteiger partial charge in [-0.25, -0.2) is 4.99 Å². The van der Waals surface area contributed by atoms with Crippen LogP contribution in [0.5, 0.6) is 0 Å². The second-order valence-corrected chi connectivity index (χ2v) is 3.62. The molecule has 0 bridgehead atoms. The molecule has 1 aliphatic carbocycles. The number of nitrogens with one attached hydrogen (secondary N) is 1. The van der Waals surface area contributed by atoms with Gasteiger partial charge in [0.25, 0.3) is 0 Å². The van der Waals surface area contributed by atoms with Crippen LogP contribution in [0.2, 0.25) is 0 Å². The summed E-state index contributed by atoms with van der Waals surface area (Å²) in [7, 11) is 0. The average molecular weight is 190 g/mol. The third-order valence-electron chi connectivity index (χ3n) is 2.02. The maximum Gasteiger partial charge on any atom is 0.193 e. The Balaban J connectivity index is 2.02. The molecule has 1 aromatic heterocycles. The van der Waals surface area contributed by atoms with Crippen molar-refractivity contribution in [2.45, 2.75) is 25.8 Å². The molecule has 0 unspecified atom stereocenters. The van der Waals surface area contributed by atoms with Crippen molar-refractivity contribution in [2.75, 3.05) is 5.32 Å². The molecule has 74 valence electrons. The molecule has 0 spiro atoms. The van der Waals surface area contributed by atoms with Gasteiger partial charge >= 0.3 is 0 Å². The summed E-state index contributed by atoms with van der Waals surface area (Å²) < 4.78 is 0. The van der Waals surface area contributed by atoms with Crippen LogP contribution >= 0.6 is 0 Å². The van der Waals surface area contributed by atoms with Crippen molar-refractivity contribution in [3.8, 4) is 0 Å². The van der Waals surface area contributed by atoms with Gasteiger partial charge in [-0.15, -0.1) is 0 Å². The van der Waals surface area contributed by atoms with E-state index in [0.29, 0.717) is 12.0 Å². The fraction of sp³-hybridized carbons (Fsp3) is 0.400. The average Bonchev–Trinajstić information content (AvgIpc) is 2.87. The van der Waals surface area contributed by atoms with Crippen LogP contribution in [0.25, 0.3) is 0 Å². The Morgan fingerprint density at radius 3 is 3.00 bits per heavy atom. The first-order chi connectivity index (χ1) is 6.74. The number of anilines is 1. The lowest BCUT2D eigenvalue weighted by Gasteiger charge is -2.04. The van der Waals surface area contributed by atoms with Gasteiger partial charge in [0.1, 0.15) is 0 Å². The van der Waals surface area contributed by atoms with E-state index in [9.17, 15) is 0 Å². The van der Waals surface area contributed by atoms with Gasteiger partial charge in [-0.2, -0.15) is 0 Å². The van der Waals surface area contributed by atoms with E-state index < -0.39 is 0 Å². The quantitative estimate of drug-likeness (QED) is 0.545. The predicted octanol–water partition coefficient (Wildman–Crippen LogP) is 1.28. The lowest BCUT2D eigenvalue weighted by molar-refractivity contribution is 1.06. The topological polar surface area (TPSA) is 63.3 Å². The lowest BCUT2D eigenvalue weighted by Crippen LogP contribution is -2.23. The second-order valence-electron chi connectivity index (χ2n) is 3.62. The van der Waals surface area contributed by atoms with Crippen molar-refractivity contribution in [1.29, 1.82) is 0 Å². The fourth-order valence-electron chi connectivity index (χ4n) is 1.20. The van der Waals surface area contributed by atoms with E-state index in [1.807, 2.05) is 13.0 Å². The molecular weight excluding hydrogens is 176 g/mol. The van der Waals surface area contributed by atoms with Crippen LogP contribution in [-0.2, 0) is 0 Å². The minimum absolute atomic E-state index is 0.445. The fourth-order valence-corrected chi connectivity index (χ4v) is 1.20. The molecule has 14 heavy (non-hydrogen) atoms. The standard InChI is InChI=1S/C10H14N4/c1-7-4-9(6-12-5-7)14-10(11)13-8-2-3-8/h4-6,8H,2-3H2,1H3,(H3,11,13,14). The molecule has 1 saturated carbocycles. The minimum atomic E-state index is 0.445. The molecule has 1 aliphatic rings. The lowest BCUT2D eigenvalue weighted by atomic mass is 10.3. The highest BCUT2D eigenvalue weighted by Crippen LogP contribution is 2.23. The number of aromatic nitrogens is 1. The second kappa shape index (κ2) is 3.65. The molecule has 0 aromatic carbocycles. The van der Waals surface area contributed by atoms with Gasteiger partial charge in [0.2, 0.25) is 0 Å². The van der Waals surface area contributed by atoms with Crippen molar-refractivity contribution < 1.29 is 0 Å². The van der Waals surface area contributed by atoms with E-state index in [1.165, 1.54) is 0 Å². The highest BCUT2D eigenvalue weighted by atomic mass is 15.1. The summed E-state index contributed by atoms with van der Waals surface area (Å²) in [5.74, 6) is 0.486. The maximum atomic E-state index is 5.71. The summed E-state index contributed by atoms with van der Waals surface area (Å²) in [6.07, 6.45) is 5.87. The van der Waals surface area contributed by atoms with Crippen molar-refractivity contribution >= 4 is 11.6 Å². The van der Waals surface area contributed by atoms with Crippen LogP contribution in [0.4, 0.5) is 5.69 Å². The van der Waals surface area contributed by atoms with E-state index in [0.717, 1.165) is 24.1 Å². The first-order valence-electron chi connectivity index (χ1n) is 4.76. The van der Waals surface area contributed by atoms with Crippen LogP contribution in [0.1, 0.15) is 18.4 Å². The van der Waals surface area contributed by atoms with Crippen LogP contribution in [0.3, 0.4) is 0 Å². The molecular formula is C10H14N4. The molecule has 1 heterocycles. The normalized spacial score (nSPS) is 16.8.